The Balaban J connectivity index is 1.34. The van der Waals surface area contributed by atoms with Gasteiger partial charge in [0.15, 0.2) is 16.6 Å². The largest absolute Gasteiger partial charge is 0.477 e. The molecule has 4 aliphatic rings. The van der Waals surface area contributed by atoms with Crippen LogP contribution in [0.15, 0.2) is 99.2 Å². The molecule has 1 heterocycles. The predicted octanol–water partition coefficient (Wildman–Crippen LogP) is 4.92. The van der Waals surface area contributed by atoms with Crippen molar-refractivity contribution >= 4 is 15.5 Å². The maximum Gasteiger partial charge on any atom is 0.199 e. The number of hydrogen-bond donors (Lipinski definition) is 1. The molecule has 184 valence electrons. The summed E-state index contributed by atoms with van der Waals surface area (Å²) >= 11 is 0. The van der Waals surface area contributed by atoms with Crippen LogP contribution in [0.3, 0.4) is 0 Å². The van der Waals surface area contributed by atoms with E-state index in [9.17, 15) is 13.5 Å². The lowest BCUT2D eigenvalue weighted by molar-refractivity contribution is 0.151. The summed E-state index contributed by atoms with van der Waals surface area (Å²) in [5, 5.41) is 9.91. The number of nitrogens with zero attached hydrogens (tertiary/aromatic N) is 2. The van der Waals surface area contributed by atoms with E-state index in [4.69, 9.17) is 4.74 Å². The summed E-state index contributed by atoms with van der Waals surface area (Å²) < 4.78 is 33.3. The van der Waals surface area contributed by atoms with E-state index in [0.29, 0.717) is 55.3 Å². The molecule has 5 rings (SSSR count). The standard InChI is InChI=1S/C28H32N2O4S/c31-20-29(24-9-3-1-4-10-24)18-22-8-7-13-26(16-22)35(32,33)27-14-15-28-23(17-27)19-30(21-34-28)25-11-5-2-6-12-25/h2-3,5-6,8-12,16-17,31H,1,4,7,13-15,18-21H2. The van der Waals surface area contributed by atoms with Crippen molar-refractivity contribution < 1.29 is 18.3 Å². The predicted molar refractivity (Wildman–Crippen MR) is 139 cm³/mol. The van der Waals surface area contributed by atoms with Gasteiger partial charge in [0.05, 0.1) is 0 Å². The van der Waals surface area contributed by atoms with Crippen LogP contribution in [-0.4, -0.2) is 45.0 Å². The Morgan fingerprint density at radius 1 is 0.971 bits per heavy atom. The number of aliphatic hydroxyl groups is 1. The van der Waals surface area contributed by atoms with Crippen molar-refractivity contribution in [1.29, 1.82) is 0 Å². The molecule has 0 radical (unpaired) electrons. The molecule has 1 aromatic rings. The lowest BCUT2D eigenvalue weighted by Gasteiger charge is -2.34. The number of hydrogen-bond acceptors (Lipinski definition) is 6. The first-order valence-corrected chi connectivity index (χ1v) is 13.8. The number of aliphatic hydroxyl groups excluding tert-OH is 1. The second-order valence-electron chi connectivity index (χ2n) is 9.25. The Kier molecular flexibility index (Phi) is 6.97. The van der Waals surface area contributed by atoms with E-state index in [2.05, 4.69) is 23.1 Å². The van der Waals surface area contributed by atoms with Gasteiger partial charge in [0.25, 0.3) is 0 Å². The minimum atomic E-state index is -3.55. The van der Waals surface area contributed by atoms with Crippen molar-refractivity contribution in [3.8, 4) is 0 Å². The highest BCUT2D eigenvalue weighted by Crippen LogP contribution is 2.36. The van der Waals surface area contributed by atoms with E-state index in [1.807, 2.05) is 53.5 Å². The van der Waals surface area contributed by atoms with Gasteiger partial charge in [-0.15, -0.1) is 0 Å². The minimum absolute atomic E-state index is 0.108. The van der Waals surface area contributed by atoms with E-state index >= 15 is 0 Å². The van der Waals surface area contributed by atoms with E-state index < -0.39 is 9.84 Å². The molecule has 0 unspecified atom stereocenters. The molecule has 0 amide bonds. The summed E-state index contributed by atoms with van der Waals surface area (Å²) in [7, 11) is -3.55. The second-order valence-corrected chi connectivity index (χ2v) is 11.3. The van der Waals surface area contributed by atoms with Crippen molar-refractivity contribution in [2.45, 2.75) is 38.5 Å². The molecule has 7 heteroatoms. The Labute approximate surface area is 207 Å². The highest BCUT2D eigenvalue weighted by Gasteiger charge is 2.30. The average Bonchev–Trinajstić information content (AvgIpc) is 2.92. The third kappa shape index (κ3) is 5.16. The van der Waals surface area contributed by atoms with Crippen molar-refractivity contribution in [3.05, 3.63) is 99.2 Å². The summed E-state index contributed by atoms with van der Waals surface area (Å²) in [6, 6.07) is 10.0. The molecule has 0 spiro atoms. The quantitative estimate of drug-likeness (QED) is 0.545. The van der Waals surface area contributed by atoms with Crippen LogP contribution in [0.1, 0.15) is 38.5 Å². The molecule has 0 saturated heterocycles. The highest BCUT2D eigenvalue weighted by atomic mass is 32.2. The van der Waals surface area contributed by atoms with Gasteiger partial charge in [-0.25, -0.2) is 8.42 Å². The van der Waals surface area contributed by atoms with Gasteiger partial charge < -0.3 is 19.6 Å². The van der Waals surface area contributed by atoms with Crippen molar-refractivity contribution in [2.24, 2.45) is 0 Å². The molecule has 1 aromatic carbocycles. The number of allylic oxidation sites excluding steroid dienone is 7. The van der Waals surface area contributed by atoms with Gasteiger partial charge >= 0.3 is 0 Å². The molecule has 6 nitrogen and oxygen atoms in total. The zero-order chi connectivity index (χ0) is 24.3. The summed E-state index contributed by atoms with van der Waals surface area (Å²) in [5.74, 6) is 0.904. The highest BCUT2D eigenvalue weighted by molar-refractivity contribution is 7.99. The van der Waals surface area contributed by atoms with Crippen LogP contribution >= 0.6 is 0 Å². The summed E-state index contributed by atoms with van der Waals surface area (Å²) in [6.07, 6.45) is 16.2. The summed E-state index contributed by atoms with van der Waals surface area (Å²) in [5.41, 5.74) is 3.91. The SMILES string of the molecule is O=S(=O)(C1=CC(CN(CO)C2=CCCC=C2)=CCC1)C1=CC2=C(CC1)OCN(c1ccccc1)C2. The number of ether oxygens (including phenoxy) is 1. The van der Waals surface area contributed by atoms with E-state index in [0.717, 1.165) is 41.1 Å². The van der Waals surface area contributed by atoms with Crippen molar-refractivity contribution in [1.82, 2.24) is 4.90 Å². The first-order chi connectivity index (χ1) is 17.0. The van der Waals surface area contributed by atoms with Crippen LogP contribution in [0.5, 0.6) is 0 Å². The fraction of sp³-hybridized carbons (Fsp3) is 0.357. The lowest BCUT2D eigenvalue weighted by Crippen LogP contribution is -2.34. The first-order valence-electron chi connectivity index (χ1n) is 12.3. The maximum atomic E-state index is 13.6. The average molecular weight is 493 g/mol. The topological polar surface area (TPSA) is 70.1 Å². The monoisotopic (exact) mass is 492 g/mol. The van der Waals surface area contributed by atoms with Gasteiger partial charge in [-0.3, -0.25) is 0 Å². The molecular weight excluding hydrogens is 460 g/mol. The van der Waals surface area contributed by atoms with Gasteiger partial charge in [-0.05, 0) is 68.0 Å². The van der Waals surface area contributed by atoms with Gasteiger partial charge in [0.1, 0.15) is 12.5 Å². The lowest BCUT2D eigenvalue weighted by atomic mass is 10.0. The second kappa shape index (κ2) is 10.3. The summed E-state index contributed by atoms with van der Waals surface area (Å²) in [4.78, 5) is 4.93. The number of para-hydroxylation sites is 1. The number of sulfone groups is 1. The molecule has 1 aliphatic heterocycles. The van der Waals surface area contributed by atoms with Crippen LogP contribution in [-0.2, 0) is 14.6 Å². The molecule has 1 N–H and O–H groups in total. The third-order valence-electron chi connectivity index (χ3n) is 6.89. The van der Waals surface area contributed by atoms with Crippen LogP contribution in [0.4, 0.5) is 5.69 Å². The van der Waals surface area contributed by atoms with Gasteiger partial charge in [0.2, 0.25) is 0 Å². The molecule has 0 bridgehead atoms. The Morgan fingerprint density at radius 2 is 1.80 bits per heavy atom. The number of rotatable bonds is 7. The maximum absolute atomic E-state index is 13.6. The zero-order valence-corrected chi connectivity index (χ0v) is 20.7. The Bertz CT molecular complexity index is 1250. The molecule has 0 aromatic heterocycles. The Hall–Kier alpha value is -3.03. The van der Waals surface area contributed by atoms with Gasteiger partial charge in [-0.2, -0.15) is 0 Å². The third-order valence-corrected chi connectivity index (χ3v) is 8.91. The van der Waals surface area contributed by atoms with Crippen molar-refractivity contribution in [3.63, 3.8) is 0 Å². The zero-order valence-electron chi connectivity index (χ0n) is 19.9. The summed E-state index contributed by atoms with van der Waals surface area (Å²) in [6.45, 7) is 1.49. The van der Waals surface area contributed by atoms with E-state index in [-0.39, 0.29) is 6.73 Å². The van der Waals surface area contributed by atoms with Crippen LogP contribution in [0.25, 0.3) is 0 Å². The van der Waals surface area contributed by atoms with Crippen molar-refractivity contribution in [2.75, 3.05) is 31.5 Å². The molecule has 0 atom stereocenters. The van der Waals surface area contributed by atoms with Gasteiger partial charge in [0, 0.05) is 46.3 Å². The van der Waals surface area contributed by atoms with E-state index in [1.54, 1.807) is 0 Å². The molecular formula is C28H32N2O4S. The molecule has 0 fully saturated rings. The van der Waals surface area contributed by atoms with Crippen LogP contribution in [0, 0.1) is 0 Å². The smallest absolute Gasteiger partial charge is 0.199 e. The fourth-order valence-corrected chi connectivity index (χ4v) is 6.67. The van der Waals surface area contributed by atoms with Crippen LogP contribution < -0.4 is 4.90 Å². The van der Waals surface area contributed by atoms with E-state index in [1.165, 1.54) is 0 Å². The minimum Gasteiger partial charge on any atom is -0.477 e. The molecule has 35 heavy (non-hydrogen) atoms. The first kappa shape index (κ1) is 23.7. The number of benzene rings is 1. The molecule has 0 saturated carbocycles. The molecule has 3 aliphatic carbocycles. The normalized spacial score (nSPS) is 20.3. The Morgan fingerprint density at radius 3 is 2.57 bits per heavy atom. The number of anilines is 1. The van der Waals surface area contributed by atoms with Crippen LogP contribution in [0.2, 0.25) is 0 Å². The van der Waals surface area contributed by atoms with Gasteiger partial charge in [-0.1, -0.05) is 36.4 Å². The fourth-order valence-electron chi connectivity index (χ4n) is 4.97.